The van der Waals surface area contributed by atoms with Crippen LogP contribution in [0.2, 0.25) is 5.02 Å². The van der Waals surface area contributed by atoms with Crippen molar-refractivity contribution < 1.29 is 9.90 Å². The number of fused-ring (bicyclic) bond motifs is 2. The van der Waals surface area contributed by atoms with Gasteiger partial charge in [0.1, 0.15) is 17.8 Å². The number of nitrogens with two attached hydrogens (primary N) is 1. The Morgan fingerprint density at radius 1 is 1.05 bits per heavy atom. The lowest BCUT2D eigenvalue weighted by molar-refractivity contribution is 0.197. The lowest BCUT2D eigenvalue weighted by Crippen LogP contribution is -2.13. The van der Waals surface area contributed by atoms with E-state index in [2.05, 4.69) is 25.7 Å². The summed E-state index contributed by atoms with van der Waals surface area (Å²) in [6.45, 7) is 0. The third-order valence-corrected chi connectivity index (χ3v) is 7.13. The van der Waals surface area contributed by atoms with Crippen LogP contribution >= 0.6 is 11.6 Å². The van der Waals surface area contributed by atoms with Crippen molar-refractivity contribution in [2.24, 2.45) is 0 Å². The first-order chi connectivity index (χ1) is 18.5. The highest BCUT2D eigenvalue weighted by Crippen LogP contribution is 2.41. The van der Waals surface area contributed by atoms with Crippen LogP contribution < -0.4 is 11.1 Å². The van der Waals surface area contributed by atoms with Crippen molar-refractivity contribution in [3.05, 3.63) is 66.2 Å². The van der Waals surface area contributed by atoms with Gasteiger partial charge in [-0.2, -0.15) is 0 Å². The van der Waals surface area contributed by atoms with E-state index in [1.807, 2.05) is 47.8 Å². The normalized spacial score (nSPS) is 13.7. The molecule has 1 saturated carbocycles. The Kier molecular flexibility index (Phi) is 7.37. The molecule has 1 aliphatic carbocycles. The van der Waals surface area contributed by atoms with Gasteiger partial charge in [-0.15, -0.1) is 0 Å². The number of halogens is 1. The molecule has 1 fully saturated rings. The van der Waals surface area contributed by atoms with Gasteiger partial charge in [-0.3, -0.25) is 4.98 Å². The van der Waals surface area contributed by atoms with Gasteiger partial charge in [-0.25, -0.2) is 19.7 Å². The summed E-state index contributed by atoms with van der Waals surface area (Å²) in [4.78, 5) is 27.5. The second kappa shape index (κ2) is 11.0. The molecule has 1 amide bonds. The molecule has 0 unspecified atom stereocenters. The number of aromatic nitrogens is 5. The average molecular weight is 530 g/mol. The summed E-state index contributed by atoms with van der Waals surface area (Å²) >= 11 is 6.81. The fourth-order valence-electron chi connectivity index (χ4n) is 4.96. The first kappa shape index (κ1) is 25.4. The summed E-state index contributed by atoms with van der Waals surface area (Å²) in [5.41, 5.74) is 11.6. The molecule has 4 aromatic heterocycles. The highest BCUT2D eigenvalue weighted by Gasteiger charge is 2.23. The van der Waals surface area contributed by atoms with E-state index in [0.29, 0.717) is 16.9 Å². The van der Waals surface area contributed by atoms with Gasteiger partial charge in [0, 0.05) is 47.0 Å². The predicted octanol–water partition coefficient (Wildman–Crippen LogP) is 6.33. The third-order valence-electron chi connectivity index (χ3n) is 6.82. The molecule has 4 N–H and O–H groups in total. The highest BCUT2D eigenvalue weighted by molar-refractivity contribution is 6.34. The average Bonchev–Trinajstić information content (AvgIpc) is 3.34. The fourth-order valence-corrected chi connectivity index (χ4v) is 5.23. The SMILES string of the molecule is CNC(=O)O.Nc1ncnc2c1c(-c1cc3nc(-c4ccccn4)ccc3cc1Cl)cn2C1CCCCC1. The van der Waals surface area contributed by atoms with E-state index < -0.39 is 6.09 Å². The van der Waals surface area contributed by atoms with Gasteiger partial charge in [0.2, 0.25) is 0 Å². The van der Waals surface area contributed by atoms with E-state index >= 15 is 0 Å². The summed E-state index contributed by atoms with van der Waals surface area (Å²) in [6.07, 6.45) is 10.5. The Morgan fingerprint density at radius 2 is 1.84 bits per heavy atom. The molecule has 0 aliphatic heterocycles. The second-order valence-corrected chi connectivity index (χ2v) is 9.60. The number of nitrogens with zero attached hydrogens (tertiary/aromatic N) is 5. The van der Waals surface area contributed by atoms with E-state index in [9.17, 15) is 4.79 Å². The van der Waals surface area contributed by atoms with Crippen molar-refractivity contribution in [1.82, 2.24) is 29.8 Å². The van der Waals surface area contributed by atoms with Gasteiger partial charge in [0.05, 0.1) is 22.3 Å². The van der Waals surface area contributed by atoms with Crippen LogP contribution in [0.5, 0.6) is 0 Å². The molecule has 0 atom stereocenters. The number of benzene rings is 1. The Bertz CT molecular complexity index is 1600. The third kappa shape index (κ3) is 5.10. The maximum atomic E-state index is 9.26. The van der Waals surface area contributed by atoms with E-state index in [1.165, 1.54) is 26.3 Å². The molecule has 1 aliphatic rings. The van der Waals surface area contributed by atoms with Gasteiger partial charge >= 0.3 is 6.09 Å². The lowest BCUT2D eigenvalue weighted by atomic mass is 9.95. The number of amides is 1. The maximum Gasteiger partial charge on any atom is 0.404 e. The van der Waals surface area contributed by atoms with E-state index in [-0.39, 0.29) is 0 Å². The number of nitrogen functional groups attached to an aromatic ring is 1. The molecule has 1 aromatic carbocycles. The predicted molar refractivity (Wildman–Crippen MR) is 150 cm³/mol. The number of carbonyl (C=O) groups is 1. The largest absolute Gasteiger partial charge is 0.465 e. The summed E-state index contributed by atoms with van der Waals surface area (Å²) in [7, 11) is 1.35. The van der Waals surface area contributed by atoms with Gasteiger partial charge in [-0.05, 0) is 43.2 Å². The van der Waals surface area contributed by atoms with Crippen molar-refractivity contribution in [1.29, 1.82) is 0 Å². The van der Waals surface area contributed by atoms with Crippen LogP contribution in [0.3, 0.4) is 0 Å². The van der Waals surface area contributed by atoms with Crippen LogP contribution in [-0.4, -0.2) is 42.8 Å². The number of hydrogen-bond donors (Lipinski definition) is 3. The standard InChI is InChI=1S/C26H23ClN6.C2H5NO2/c27-20-12-16-9-10-22(21-8-4-5-11-29-21)32-23(16)13-18(20)19-14-33(17-6-2-1-3-7-17)26-24(19)25(28)30-15-31-26;1-3-2(4)5/h4-5,8-15,17H,1-3,6-7H2,(H2,28,30,31);3H,1H3,(H,4,5). The van der Waals surface area contributed by atoms with Gasteiger partial charge < -0.3 is 20.7 Å². The van der Waals surface area contributed by atoms with Gasteiger partial charge in [-0.1, -0.05) is 43.0 Å². The Morgan fingerprint density at radius 3 is 2.55 bits per heavy atom. The van der Waals surface area contributed by atoms with Gasteiger partial charge in [0.15, 0.2) is 0 Å². The maximum absolute atomic E-state index is 9.26. The zero-order valence-electron chi connectivity index (χ0n) is 20.9. The van der Waals surface area contributed by atoms with Crippen molar-refractivity contribution in [2.75, 3.05) is 12.8 Å². The molecule has 0 bridgehead atoms. The van der Waals surface area contributed by atoms with Crippen LogP contribution in [0, 0.1) is 0 Å². The highest BCUT2D eigenvalue weighted by atomic mass is 35.5. The Labute approximate surface area is 224 Å². The molecule has 38 heavy (non-hydrogen) atoms. The zero-order chi connectivity index (χ0) is 26.6. The molecule has 194 valence electrons. The Hall–Kier alpha value is -4.24. The van der Waals surface area contributed by atoms with E-state index in [1.54, 1.807) is 12.5 Å². The molecule has 4 heterocycles. The number of hydrogen-bond acceptors (Lipinski definition) is 6. The lowest BCUT2D eigenvalue weighted by Gasteiger charge is -2.23. The summed E-state index contributed by atoms with van der Waals surface area (Å²) in [6, 6.07) is 14.2. The van der Waals surface area contributed by atoms with Crippen molar-refractivity contribution in [3.63, 3.8) is 0 Å². The number of pyridine rings is 2. The molecule has 0 radical (unpaired) electrons. The minimum atomic E-state index is -0.995. The van der Waals surface area contributed by atoms with Crippen LogP contribution in [-0.2, 0) is 0 Å². The van der Waals surface area contributed by atoms with Crippen molar-refractivity contribution >= 4 is 45.4 Å². The first-order valence-electron chi connectivity index (χ1n) is 12.5. The number of carboxylic acid groups (broad SMARTS) is 1. The summed E-state index contributed by atoms with van der Waals surface area (Å²) in [5.74, 6) is 0.468. The van der Waals surface area contributed by atoms with Crippen LogP contribution in [0.15, 0.2) is 61.2 Å². The molecule has 6 rings (SSSR count). The smallest absolute Gasteiger partial charge is 0.404 e. The van der Waals surface area contributed by atoms with Gasteiger partial charge in [0.25, 0.3) is 0 Å². The monoisotopic (exact) mass is 529 g/mol. The second-order valence-electron chi connectivity index (χ2n) is 9.19. The fraction of sp³-hybridized carbons (Fsp3) is 0.250. The minimum Gasteiger partial charge on any atom is -0.465 e. The first-order valence-corrected chi connectivity index (χ1v) is 12.9. The Balaban J connectivity index is 0.000000540. The molecular weight excluding hydrogens is 502 g/mol. The van der Waals surface area contributed by atoms with E-state index in [0.717, 1.165) is 57.3 Å². The van der Waals surface area contributed by atoms with E-state index in [4.69, 9.17) is 27.4 Å². The molecular formula is C28H28ClN7O2. The molecule has 9 nitrogen and oxygen atoms in total. The summed E-state index contributed by atoms with van der Waals surface area (Å²) < 4.78 is 2.28. The number of rotatable bonds is 3. The summed E-state index contributed by atoms with van der Waals surface area (Å²) in [5, 5.41) is 12.0. The topological polar surface area (TPSA) is 132 Å². The molecule has 0 spiro atoms. The zero-order valence-corrected chi connectivity index (χ0v) is 21.7. The minimum absolute atomic E-state index is 0.414. The van der Waals surface area contributed by atoms with Crippen LogP contribution in [0.4, 0.5) is 10.6 Å². The van der Waals surface area contributed by atoms with Crippen LogP contribution in [0.1, 0.15) is 38.1 Å². The van der Waals surface area contributed by atoms with Crippen molar-refractivity contribution in [2.45, 2.75) is 38.1 Å². The van der Waals surface area contributed by atoms with Crippen LogP contribution in [0.25, 0.3) is 44.5 Å². The molecule has 10 heteroatoms. The molecule has 0 saturated heterocycles. The molecule has 5 aromatic rings. The quantitative estimate of drug-likeness (QED) is 0.248. The van der Waals surface area contributed by atoms with Crippen molar-refractivity contribution in [3.8, 4) is 22.5 Å². The number of anilines is 1. The number of nitrogens with one attached hydrogen (secondary N) is 1.